The number of hydrazine groups is 2. The van der Waals surface area contributed by atoms with Gasteiger partial charge in [-0.3, -0.25) is 10.9 Å². The Morgan fingerprint density at radius 2 is 1.76 bits per heavy atom. The number of hydrogen-bond donors (Lipinski definition) is 6. The SMILES string of the molecule is Cc1cc(N)cc(NC(=O)NNc2nnc(NN)nn2)c1. The van der Waals surface area contributed by atoms with Crippen LogP contribution < -0.4 is 33.2 Å². The summed E-state index contributed by atoms with van der Waals surface area (Å²) in [5.41, 5.74) is 14.7. The number of aromatic nitrogens is 4. The fraction of sp³-hybridized carbons (Fsp3) is 0.100. The number of carbonyl (C=O) groups is 1. The molecule has 1 heterocycles. The number of nitrogens with one attached hydrogen (secondary N) is 4. The molecule has 0 aliphatic rings. The standard InChI is InChI=1S/C10H14N10O/c1-5-2-6(11)4-7(3-5)13-10(21)20-19-9-17-15-8(14-12)16-18-9/h2-4H,11-12H2,1H3,(H2,13,20,21)(H,14,15,16)(H,17,18,19). The van der Waals surface area contributed by atoms with Crippen LogP contribution in [-0.4, -0.2) is 26.4 Å². The smallest absolute Gasteiger partial charge is 0.337 e. The molecule has 0 radical (unpaired) electrons. The summed E-state index contributed by atoms with van der Waals surface area (Å²) < 4.78 is 0. The number of anilines is 4. The molecule has 0 spiro atoms. The van der Waals surface area contributed by atoms with E-state index in [0.717, 1.165) is 5.56 Å². The monoisotopic (exact) mass is 290 g/mol. The predicted molar refractivity (Wildman–Crippen MR) is 76.8 cm³/mol. The summed E-state index contributed by atoms with van der Waals surface area (Å²) in [5.74, 6) is 5.13. The van der Waals surface area contributed by atoms with E-state index >= 15 is 0 Å². The average Bonchev–Trinajstić information content (AvgIpc) is 2.44. The predicted octanol–water partition coefficient (Wildman–Crippen LogP) is -0.409. The second-order valence-electron chi connectivity index (χ2n) is 4.03. The quantitative estimate of drug-likeness (QED) is 0.249. The fourth-order valence-electron chi connectivity index (χ4n) is 1.50. The molecular weight excluding hydrogens is 276 g/mol. The van der Waals surface area contributed by atoms with Crippen LogP contribution in [0.5, 0.6) is 0 Å². The maximum absolute atomic E-state index is 11.7. The first-order valence-electron chi connectivity index (χ1n) is 5.81. The van der Waals surface area contributed by atoms with Gasteiger partial charge in [0, 0.05) is 11.4 Å². The van der Waals surface area contributed by atoms with Crippen molar-refractivity contribution in [1.29, 1.82) is 0 Å². The third kappa shape index (κ3) is 4.14. The molecule has 0 aliphatic carbocycles. The van der Waals surface area contributed by atoms with Crippen LogP contribution in [0.3, 0.4) is 0 Å². The van der Waals surface area contributed by atoms with E-state index in [0.29, 0.717) is 11.4 Å². The lowest BCUT2D eigenvalue weighted by Crippen LogP contribution is -2.34. The number of aryl methyl sites for hydroxylation is 1. The van der Waals surface area contributed by atoms with Gasteiger partial charge in [0.1, 0.15) is 0 Å². The van der Waals surface area contributed by atoms with Gasteiger partial charge in [-0.1, -0.05) is 0 Å². The Morgan fingerprint density at radius 3 is 2.38 bits per heavy atom. The summed E-state index contributed by atoms with van der Waals surface area (Å²) in [6, 6.07) is 4.68. The second kappa shape index (κ2) is 6.29. The molecule has 1 aromatic carbocycles. The first kappa shape index (κ1) is 14.2. The zero-order chi connectivity index (χ0) is 15.2. The van der Waals surface area contributed by atoms with E-state index < -0.39 is 6.03 Å². The lowest BCUT2D eigenvalue weighted by molar-refractivity contribution is 0.253. The Morgan fingerprint density at radius 1 is 1.10 bits per heavy atom. The van der Waals surface area contributed by atoms with Crippen LogP contribution >= 0.6 is 0 Å². The Hall–Kier alpha value is -3.21. The fourth-order valence-corrected chi connectivity index (χ4v) is 1.50. The Labute approximate surface area is 119 Å². The van der Waals surface area contributed by atoms with Crippen LogP contribution in [0.25, 0.3) is 0 Å². The number of nitrogens with zero attached hydrogens (tertiary/aromatic N) is 4. The summed E-state index contributed by atoms with van der Waals surface area (Å²) in [6.45, 7) is 1.87. The first-order valence-corrected chi connectivity index (χ1v) is 5.81. The van der Waals surface area contributed by atoms with Crippen LogP contribution in [0.15, 0.2) is 18.2 Å². The lowest BCUT2D eigenvalue weighted by atomic mass is 10.2. The minimum absolute atomic E-state index is 0.00732. The van der Waals surface area contributed by atoms with Gasteiger partial charge in [0.05, 0.1) is 0 Å². The first-order chi connectivity index (χ1) is 10.1. The summed E-state index contributed by atoms with van der Waals surface area (Å²) in [5, 5.41) is 17.0. The summed E-state index contributed by atoms with van der Waals surface area (Å²) in [6.07, 6.45) is 0. The minimum atomic E-state index is -0.523. The van der Waals surface area contributed by atoms with Gasteiger partial charge in [0.2, 0.25) is 0 Å². The molecule has 2 amide bonds. The topological polar surface area (TPSA) is 169 Å². The minimum Gasteiger partial charge on any atom is -0.399 e. The molecule has 0 unspecified atom stereocenters. The molecule has 0 saturated carbocycles. The molecule has 110 valence electrons. The van der Waals surface area contributed by atoms with Gasteiger partial charge in [-0.05, 0) is 30.7 Å². The molecule has 0 aliphatic heterocycles. The number of nitrogen functional groups attached to an aromatic ring is 2. The molecule has 21 heavy (non-hydrogen) atoms. The van der Waals surface area contributed by atoms with Gasteiger partial charge in [-0.25, -0.2) is 16.1 Å². The highest BCUT2D eigenvalue weighted by Gasteiger charge is 2.04. The Balaban J connectivity index is 1.89. The van der Waals surface area contributed by atoms with Crippen molar-refractivity contribution in [3.8, 4) is 0 Å². The molecule has 0 fully saturated rings. The van der Waals surface area contributed by atoms with Gasteiger partial charge < -0.3 is 11.1 Å². The van der Waals surface area contributed by atoms with Gasteiger partial charge in [-0.2, -0.15) is 0 Å². The van der Waals surface area contributed by atoms with Gasteiger partial charge in [-0.15, -0.1) is 20.4 Å². The van der Waals surface area contributed by atoms with Crippen molar-refractivity contribution in [2.75, 3.05) is 21.9 Å². The number of carbonyl (C=O) groups excluding carboxylic acids is 1. The molecule has 0 atom stereocenters. The number of benzene rings is 1. The molecule has 2 rings (SSSR count). The molecule has 8 N–H and O–H groups in total. The molecule has 0 saturated heterocycles. The maximum Gasteiger partial charge on any atom is 0.337 e. The van der Waals surface area contributed by atoms with E-state index in [1.54, 1.807) is 18.2 Å². The number of hydrogen-bond acceptors (Lipinski definition) is 9. The number of rotatable bonds is 4. The van der Waals surface area contributed by atoms with Crippen molar-refractivity contribution < 1.29 is 4.79 Å². The van der Waals surface area contributed by atoms with Crippen LogP contribution in [0.4, 0.5) is 28.1 Å². The summed E-state index contributed by atoms with van der Waals surface area (Å²) in [4.78, 5) is 11.7. The second-order valence-corrected chi connectivity index (χ2v) is 4.03. The highest BCUT2D eigenvalue weighted by atomic mass is 16.2. The normalized spacial score (nSPS) is 9.81. The van der Waals surface area contributed by atoms with E-state index in [4.69, 9.17) is 11.6 Å². The van der Waals surface area contributed by atoms with Crippen LogP contribution in [0, 0.1) is 6.92 Å². The summed E-state index contributed by atoms with van der Waals surface area (Å²) >= 11 is 0. The Bertz CT molecular complexity index is 608. The zero-order valence-corrected chi connectivity index (χ0v) is 11.1. The molecule has 11 nitrogen and oxygen atoms in total. The number of urea groups is 1. The largest absolute Gasteiger partial charge is 0.399 e. The molecule has 0 bridgehead atoms. The van der Waals surface area contributed by atoms with Crippen molar-refractivity contribution in [2.24, 2.45) is 5.84 Å². The third-order valence-corrected chi connectivity index (χ3v) is 2.25. The van der Waals surface area contributed by atoms with Crippen LogP contribution in [0.1, 0.15) is 5.56 Å². The van der Waals surface area contributed by atoms with E-state index in [9.17, 15) is 4.79 Å². The molecular formula is C10H14N10O. The van der Waals surface area contributed by atoms with Crippen molar-refractivity contribution in [3.63, 3.8) is 0 Å². The van der Waals surface area contributed by atoms with Gasteiger partial charge >= 0.3 is 6.03 Å². The van der Waals surface area contributed by atoms with Gasteiger partial charge in [0.25, 0.3) is 11.9 Å². The van der Waals surface area contributed by atoms with E-state index in [1.165, 1.54) is 0 Å². The molecule has 2 aromatic rings. The number of nitrogens with two attached hydrogens (primary N) is 2. The van der Waals surface area contributed by atoms with E-state index in [2.05, 4.69) is 42.0 Å². The summed E-state index contributed by atoms with van der Waals surface area (Å²) in [7, 11) is 0. The maximum atomic E-state index is 11.7. The highest BCUT2D eigenvalue weighted by Crippen LogP contribution is 2.15. The van der Waals surface area contributed by atoms with Crippen molar-refractivity contribution in [1.82, 2.24) is 25.8 Å². The van der Waals surface area contributed by atoms with Crippen molar-refractivity contribution in [2.45, 2.75) is 6.92 Å². The molecule has 11 heteroatoms. The van der Waals surface area contributed by atoms with Gasteiger partial charge in [0.15, 0.2) is 0 Å². The number of amides is 2. The third-order valence-electron chi connectivity index (χ3n) is 2.25. The van der Waals surface area contributed by atoms with Crippen molar-refractivity contribution in [3.05, 3.63) is 23.8 Å². The van der Waals surface area contributed by atoms with Crippen LogP contribution in [0.2, 0.25) is 0 Å². The highest BCUT2D eigenvalue weighted by molar-refractivity contribution is 5.90. The van der Waals surface area contributed by atoms with Crippen LogP contribution in [-0.2, 0) is 0 Å². The van der Waals surface area contributed by atoms with E-state index in [1.807, 2.05) is 6.92 Å². The average molecular weight is 290 g/mol. The molecule has 1 aromatic heterocycles. The van der Waals surface area contributed by atoms with E-state index in [-0.39, 0.29) is 11.9 Å². The zero-order valence-electron chi connectivity index (χ0n) is 11.1. The Kier molecular flexibility index (Phi) is 4.26. The lowest BCUT2D eigenvalue weighted by Gasteiger charge is -2.09. The van der Waals surface area contributed by atoms with Crippen molar-refractivity contribution >= 4 is 29.3 Å².